The smallest absolute Gasteiger partial charge is 0.268 e. The Hall–Kier alpha value is -3.19. The highest BCUT2D eigenvalue weighted by Gasteiger charge is 2.39. The molecule has 0 spiro atoms. The maximum Gasteiger partial charge on any atom is 0.268 e. The molecule has 0 aliphatic carbocycles. The molecule has 0 aromatic carbocycles. The summed E-state index contributed by atoms with van der Waals surface area (Å²) in [5.74, 6) is 1.04. The van der Waals surface area contributed by atoms with Crippen molar-refractivity contribution in [2.75, 3.05) is 18.1 Å². The number of carbonyl (C=O) groups excluding carboxylic acids is 1. The first-order valence-corrected chi connectivity index (χ1v) is 18.3. The number of aromatic nitrogens is 5. The van der Waals surface area contributed by atoms with Gasteiger partial charge in [-0.3, -0.25) is 9.48 Å². The van der Waals surface area contributed by atoms with Crippen molar-refractivity contribution in [3.63, 3.8) is 0 Å². The summed E-state index contributed by atoms with van der Waals surface area (Å²) in [4.78, 5) is 20.3. The monoisotopic (exact) mass is 573 g/mol. The SMILES string of the molecule is Cc1nn(C)cc1S(=O)(=O)NC(=O)c1ccc(-n2ccc(OCC[Si](C)(C)C)n2)nc1N1C[C@@H](C)CC1(C)C. The first-order valence-electron chi connectivity index (χ1n) is 13.1. The van der Waals surface area contributed by atoms with Gasteiger partial charge in [0.25, 0.3) is 15.9 Å². The highest BCUT2D eigenvalue weighted by molar-refractivity contribution is 7.90. The minimum absolute atomic E-state index is 0.0437. The minimum Gasteiger partial charge on any atom is -0.477 e. The van der Waals surface area contributed by atoms with Crippen molar-refractivity contribution in [1.82, 2.24) is 29.3 Å². The molecule has 3 aromatic heterocycles. The summed E-state index contributed by atoms with van der Waals surface area (Å²) in [7, 11) is -3.74. The number of nitrogens with one attached hydrogen (secondary N) is 1. The van der Waals surface area contributed by atoms with Crippen LogP contribution in [0.1, 0.15) is 43.2 Å². The third-order valence-corrected chi connectivity index (χ3v) is 9.96. The Morgan fingerprint density at radius 3 is 2.51 bits per heavy atom. The van der Waals surface area contributed by atoms with E-state index in [4.69, 9.17) is 9.72 Å². The quantitative estimate of drug-likeness (QED) is 0.384. The van der Waals surface area contributed by atoms with Gasteiger partial charge in [0.05, 0.1) is 17.9 Å². The third kappa shape index (κ3) is 6.52. The Morgan fingerprint density at radius 1 is 1.21 bits per heavy atom. The van der Waals surface area contributed by atoms with Crippen molar-refractivity contribution in [2.24, 2.45) is 13.0 Å². The lowest BCUT2D eigenvalue weighted by Crippen LogP contribution is -2.41. The normalized spacial score (nSPS) is 17.4. The molecule has 1 fully saturated rings. The van der Waals surface area contributed by atoms with Gasteiger partial charge >= 0.3 is 0 Å². The molecule has 1 N–H and O–H groups in total. The predicted molar refractivity (Wildman–Crippen MR) is 153 cm³/mol. The summed E-state index contributed by atoms with van der Waals surface area (Å²) >= 11 is 0. The molecule has 13 heteroatoms. The molecule has 39 heavy (non-hydrogen) atoms. The van der Waals surface area contributed by atoms with Crippen LogP contribution in [0.15, 0.2) is 35.5 Å². The van der Waals surface area contributed by atoms with Gasteiger partial charge in [0, 0.05) is 45.7 Å². The number of sulfonamides is 1. The zero-order chi connectivity index (χ0) is 28.8. The molecule has 1 amide bonds. The van der Waals surface area contributed by atoms with Crippen molar-refractivity contribution < 1.29 is 17.9 Å². The van der Waals surface area contributed by atoms with Crippen molar-refractivity contribution in [1.29, 1.82) is 0 Å². The number of ether oxygens (including phenoxy) is 1. The molecule has 3 aromatic rings. The zero-order valence-electron chi connectivity index (χ0n) is 24.0. The van der Waals surface area contributed by atoms with E-state index in [-0.39, 0.29) is 16.0 Å². The number of nitrogens with zero attached hydrogens (tertiary/aromatic N) is 6. The van der Waals surface area contributed by atoms with Crippen LogP contribution in [0.2, 0.25) is 25.7 Å². The Kier molecular flexibility index (Phi) is 7.69. The van der Waals surface area contributed by atoms with Gasteiger partial charge in [-0.2, -0.15) is 5.10 Å². The van der Waals surface area contributed by atoms with E-state index in [2.05, 4.69) is 60.2 Å². The number of aryl methyl sites for hydroxylation is 2. The standard InChI is InChI=1S/C26H39N7O4SSi/c1-18-15-26(3,4)32(16-18)24-20(25(34)30-38(35,36)21-17-31(5)28-19(21)2)9-10-22(27-24)33-12-11-23(29-33)37-13-14-39(6,7)8/h9-12,17-18H,13-16H2,1-8H3,(H,30,34)/t18-/m0/s1. The molecular weight excluding hydrogens is 534 g/mol. The lowest BCUT2D eigenvalue weighted by molar-refractivity contribution is 0.0981. The van der Waals surface area contributed by atoms with Crippen LogP contribution in [0.3, 0.4) is 0 Å². The van der Waals surface area contributed by atoms with Crippen LogP contribution in [0.5, 0.6) is 5.88 Å². The molecule has 1 aliphatic rings. The molecule has 0 saturated carbocycles. The largest absolute Gasteiger partial charge is 0.477 e. The topological polar surface area (TPSA) is 124 Å². The molecule has 212 valence electrons. The van der Waals surface area contributed by atoms with Crippen molar-refractivity contribution in [2.45, 2.75) is 70.2 Å². The number of amides is 1. The minimum atomic E-state index is -4.14. The molecule has 0 unspecified atom stereocenters. The van der Waals surface area contributed by atoms with Gasteiger partial charge in [-0.25, -0.2) is 22.8 Å². The number of carbonyl (C=O) groups is 1. The van der Waals surface area contributed by atoms with E-state index in [1.807, 2.05) is 0 Å². The summed E-state index contributed by atoms with van der Waals surface area (Å²) in [5.41, 5.74) is 0.195. The summed E-state index contributed by atoms with van der Waals surface area (Å²) in [6.45, 7) is 16.1. The Morgan fingerprint density at radius 2 is 1.92 bits per heavy atom. The third-order valence-electron chi connectivity index (χ3n) is 6.82. The first-order chi connectivity index (χ1) is 18.1. The summed E-state index contributed by atoms with van der Waals surface area (Å²) in [6, 6.07) is 6.07. The number of hydrogen-bond acceptors (Lipinski definition) is 8. The number of anilines is 1. The first kappa shape index (κ1) is 28.8. The van der Waals surface area contributed by atoms with Crippen LogP contribution in [-0.4, -0.2) is 65.6 Å². The predicted octanol–water partition coefficient (Wildman–Crippen LogP) is 3.77. The lowest BCUT2D eigenvalue weighted by Gasteiger charge is -2.34. The Bertz CT molecular complexity index is 1470. The van der Waals surface area contributed by atoms with Gasteiger partial charge in [-0.1, -0.05) is 26.6 Å². The Labute approximate surface area is 231 Å². The van der Waals surface area contributed by atoms with Crippen LogP contribution in [0, 0.1) is 12.8 Å². The molecule has 11 nitrogen and oxygen atoms in total. The van der Waals surface area contributed by atoms with E-state index in [1.165, 1.54) is 10.9 Å². The molecule has 4 heterocycles. The number of rotatable bonds is 9. The fraction of sp³-hybridized carbons (Fsp3) is 0.538. The average molecular weight is 574 g/mol. The molecular formula is C26H39N7O4SSi. The van der Waals surface area contributed by atoms with Crippen LogP contribution < -0.4 is 14.4 Å². The van der Waals surface area contributed by atoms with Gasteiger partial charge in [-0.05, 0) is 51.3 Å². The summed E-state index contributed by atoms with van der Waals surface area (Å²) in [5, 5.41) is 8.62. The Balaban J connectivity index is 1.67. The molecule has 1 saturated heterocycles. The van der Waals surface area contributed by atoms with Gasteiger partial charge in [-0.15, -0.1) is 5.10 Å². The van der Waals surface area contributed by atoms with Crippen molar-refractivity contribution in [3.05, 3.63) is 41.9 Å². The van der Waals surface area contributed by atoms with Crippen LogP contribution in [-0.2, 0) is 17.1 Å². The van der Waals surface area contributed by atoms with Gasteiger partial charge in [0.1, 0.15) is 10.7 Å². The molecule has 1 atom stereocenters. The molecule has 1 aliphatic heterocycles. The van der Waals surface area contributed by atoms with E-state index in [9.17, 15) is 13.2 Å². The number of hydrogen-bond donors (Lipinski definition) is 1. The van der Waals surface area contributed by atoms with Crippen molar-refractivity contribution in [3.8, 4) is 11.7 Å². The van der Waals surface area contributed by atoms with Crippen LogP contribution in [0.4, 0.5) is 5.82 Å². The van der Waals surface area contributed by atoms with Gasteiger partial charge in [0.2, 0.25) is 5.88 Å². The second-order valence-electron chi connectivity index (χ2n) is 12.2. The van der Waals surface area contributed by atoms with E-state index < -0.39 is 24.0 Å². The fourth-order valence-corrected chi connectivity index (χ4v) is 6.86. The zero-order valence-corrected chi connectivity index (χ0v) is 25.8. The maximum atomic E-state index is 13.4. The van der Waals surface area contributed by atoms with Gasteiger partial charge < -0.3 is 9.64 Å². The average Bonchev–Trinajstić information content (AvgIpc) is 3.48. The summed E-state index contributed by atoms with van der Waals surface area (Å²) < 4.78 is 37.2. The van der Waals surface area contributed by atoms with Crippen LogP contribution in [0.25, 0.3) is 5.82 Å². The van der Waals surface area contributed by atoms with E-state index in [0.29, 0.717) is 42.3 Å². The van der Waals surface area contributed by atoms with Crippen LogP contribution >= 0.6 is 0 Å². The second kappa shape index (κ2) is 10.4. The highest BCUT2D eigenvalue weighted by atomic mass is 32.2. The summed E-state index contributed by atoms with van der Waals surface area (Å²) in [6.07, 6.45) is 4.05. The number of pyridine rings is 1. The lowest BCUT2D eigenvalue weighted by atomic mass is 9.97. The molecule has 0 radical (unpaired) electrons. The maximum absolute atomic E-state index is 13.4. The highest BCUT2D eigenvalue weighted by Crippen LogP contribution is 2.37. The van der Waals surface area contributed by atoms with E-state index in [1.54, 1.807) is 43.0 Å². The van der Waals surface area contributed by atoms with E-state index in [0.717, 1.165) is 12.5 Å². The van der Waals surface area contributed by atoms with Crippen molar-refractivity contribution >= 4 is 29.8 Å². The van der Waals surface area contributed by atoms with Gasteiger partial charge in [0.15, 0.2) is 5.82 Å². The second-order valence-corrected chi connectivity index (χ2v) is 19.5. The molecule has 4 rings (SSSR count). The fourth-order valence-electron chi connectivity index (χ4n) is 4.96. The van der Waals surface area contributed by atoms with E-state index >= 15 is 0 Å². The molecule has 0 bridgehead atoms.